The number of rotatable bonds is 10. The van der Waals surface area contributed by atoms with Gasteiger partial charge in [-0.2, -0.15) is 0 Å². The molecule has 0 aliphatic carbocycles. The quantitative estimate of drug-likeness (QED) is 0.385. The summed E-state index contributed by atoms with van der Waals surface area (Å²) < 4.78 is 0. The summed E-state index contributed by atoms with van der Waals surface area (Å²) in [6.45, 7) is 3.78. The molecular weight excluding hydrogens is 410 g/mol. The van der Waals surface area contributed by atoms with Crippen LogP contribution in [-0.2, 0) is 9.59 Å². The standard InChI is InChI=1S/C23H29N5O4/c1-2-8-20(26-22(29)16-24-19-11-3-4-12-21(19)28(31)32)23(30)25-17-9-7-10-18(15-17)27-13-5-6-14-27/h3-4,7,9-12,15,20,24H,2,5-6,8,13-14,16H2,1H3,(H,25,30)(H,26,29). The van der Waals surface area contributed by atoms with Crippen molar-refractivity contribution in [3.8, 4) is 0 Å². The minimum atomic E-state index is -0.699. The SMILES string of the molecule is CCCC(NC(=O)CNc1ccccc1[N+](=O)[O-])C(=O)Nc1cccc(N2CCCC2)c1. The number of carbonyl (C=O) groups is 2. The molecule has 1 aliphatic rings. The highest BCUT2D eigenvalue weighted by Gasteiger charge is 2.21. The maximum atomic E-state index is 12.8. The molecule has 0 radical (unpaired) electrons. The molecular formula is C23H29N5O4. The topological polar surface area (TPSA) is 117 Å². The molecule has 170 valence electrons. The van der Waals surface area contributed by atoms with Crippen molar-refractivity contribution in [2.75, 3.05) is 35.2 Å². The molecule has 2 amide bonds. The smallest absolute Gasteiger partial charge is 0.292 e. The Labute approximate surface area is 187 Å². The van der Waals surface area contributed by atoms with E-state index in [1.165, 1.54) is 25.0 Å². The fraction of sp³-hybridized carbons (Fsp3) is 0.391. The Kier molecular flexibility index (Phi) is 8.02. The normalized spacial score (nSPS) is 14.0. The Balaban J connectivity index is 1.58. The number of nitro benzene ring substituents is 1. The fourth-order valence-electron chi connectivity index (χ4n) is 3.75. The number of anilines is 3. The van der Waals surface area contributed by atoms with E-state index in [1.807, 2.05) is 31.2 Å². The van der Waals surface area contributed by atoms with Crippen LogP contribution >= 0.6 is 0 Å². The Hall–Kier alpha value is -3.62. The molecule has 1 saturated heterocycles. The van der Waals surface area contributed by atoms with Crippen molar-refractivity contribution in [1.82, 2.24) is 5.32 Å². The van der Waals surface area contributed by atoms with Crippen LogP contribution in [-0.4, -0.2) is 42.4 Å². The molecule has 9 nitrogen and oxygen atoms in total. The lowest BCUT2D eigenvalue weighted by Crippen LogP contribution is -2.45. The Bertz CT molecular complexity index is 959. The number of hydrogen-bond acceptors (Lipinski definition) is 6. The van der Waals surface area contributed by atoms with E-state index in [-0.39, 0.29) is 23.8 Å². The lowest BCUT2D eigenvalue weighted by molar-refractivity contribution is -0.383. The molecule has 9 heteroatoms. The monoisotopic (exact) mass is 439 g/mol. The zero-order valence-corrected chi connectivity index (χ0v) is 18.2. The van der Waals surface area contributed by atoms with Crippen LogP contribution in [0.2, 0.25) is 0 Å². The molecule has 1 heterocycles. The molecule has 2 aromatic rings. The molecule has 1 atom stereocenters. The second-order valence-corrected chi connectivity index (χ2v) is 7.77. The lowest BCUT2D eigenvalue weighted by Gasteiger charge is -2.20. The highest BCUT2D eigenvalue weighted by atomic mass is 16.6. The number of amides is 2. The average Bonchev–Trinajstić information content (AvgIpc) is 3.33. The zero-order valence-electron chi connectivity index (χ0n) is 18.2. The maximum absolute atomic E-state index is 12.8. The lowest BCUT2D eigenvalue weighted by atomic mass is 10.1. The molecule has 3 N–H and O–H groups in total. The van der Waals surface area contributed by atoms with E-state index in [0.29, 0.717) is 18.5 Å². The van der Waals surface area contributed by atoms with Crippen LogP contribution in [0.4, 0.5) is 22.7 Å². The van der Waals surface area contributed by atoms with E-state index < -0.39 is 16.9 Å². The third-order valence-electron chi connectivity index (χ3n) is 5.35. The van der Waals surface area contributed by atoms with Gasteiger partial charge in [0, 0.05) is 30.5 Å². The summed E-state index contributed by atoms with van der Waals surface area (Å²) in [5, 5.41) is 19.5. The van der Waals surface area contributed by atoms with Crippen LogP contribution in [0, 0.1) is 10.1 Å². The van der Waals surface area contributed by atoms with Crippen molar-refractivity contribution >= 4 is 34.6 Å². The molecule has 32 heavy (non-hydrogen) atoms. The second kappa shape index (κ2) is 11.1. The maximum Gasteiger partial charge on any atom is 0.292 e. The van der Waals surface area contributed by atoms with Crippen molar-refractivity contribution in [2.45, 2.75) is 38.6 Å². The van der Waals surface area contributed by atoms with Crippen LogP contribution < -0.4 is 20.9 Å². The van der Waals surface area contributed by atoms with Gasteiger partial charge in [0.1, 0.15) is 11.7 Å². The van der Waals surface area contributed by atoms with Gasteiger partial charge >= 0.3 is 0 Å². The molecule has 3 rings (SSSR count). The Morgan fingerprint density at radius 3 is 2.59 bits per heavy atom. The summed E-state index contributed by atoms with van der Waals surface area (Å²) in [6.07, 6.45) is 3.53. The van der Waals surface area contributed by atoms with Gasteiger partial charge in [-0.15, -0.1) is 0 Å². The summed E-state index contributed by atoms with van der Waals surface area (Å²) in [4.78, 5) is 38.2. The van der Waals surface area contributed by atoms with Gasteiger partial charge in [-0.3, -0.25) is 19.7 Å². The van der Waals surface area contributed by atoms with Gasteiger partial charge in [0.05, 0.1) is 11.5 Å². The van der Waals surface area contributed by atoms with Crippen LogP contribution in [0.1, 0.15) is 32.6 Å². The number of carbonyl (C=O) groups excluding carboxylic acids is 2. The van der Waals surface area contributed by atoms with Crippen molar-refractivity contribution in [1.29, 1.82) is 0 Å². The first-order valence-corrected chi connectivity index (χ1v) is 10.9. The summed E-state index contributed by atoms with van der Waals surface area (Å²) in [7, 11) is 0. The molecule has 0 aromatic heterocycles. The summed E-state index contributed by atoms with van der Waals surface area (Å²) in [5.74, 6) is -0.702. The first-order chi connectivity index (χ1) is 15.5. The van der Waals surface area contributed by atoms with Crippen molar-refractivity contribution < 1.29 is 14.5 Å². The third kappa shape index (κ3) is 6.19. The van der Waals surface area contributed by atoms with Gasteiger partial charge in [-0.05, 0) is 43.5 Å². The zero-order chi connectivity index (χ0) is 22.9. The van der Waals surface area contributed by atoms with Crippen LogP contribution in [0.5, 0.6) is 0 Å². The first kappa shape index (κ1) is 23.1. The van der Waals surface area contributed by atoms with E-state index in [0.717, 1.165) is 18.8 Å². The van der Waals surface area contributed by atoms with Crippen molar-refractivity contribution in [2.24, 2.45) is 0 Å². The fourth-order valence-corrected chi connectivity index (χ4v) is 3.75. The van der Waals surface area contributed by atoms with Gasteiger partial charge in [0.2, 0.25) is 11.8 Å². The second-order valence-electron chi connectivity index (χ2n) is 7.77. The molecule has 2 aromatic carbocycles. The molecule has 1 unspecified atom stereocenters. The minimum absolute atomic E-state index is 0.110. The predicted octanol–water partition coefficient (Wildman–Crippen LogP) is 3.53. The van der Waals surface area contributed by atoms with E-state index in [2.05, 4.69) is 20.9 Å². The predicted molar refractivity (Wildman–Crippen MR) is 125 cm³/mol. The van der Waals surface area contributed by atoms with Gasteiger partial charge < -0.3 is 20.9 Å². The van der Waals surface area contributed by atoms with Gasteiger partial charge in [-0.25, -0.2) is 0 Å². The van der Waals surface area contributed by atoms with Gasteiger partial charge in [0.25, 0.3) is 5.69 Å². The van der Waals surface area contributed by atoms with Crippen molar-refractivity contribution in [3.63, 3.8) is 0 Å². The number of para-hydroxylation sites is 2. The Morgan fingerprint density at radius 1 is 1.12 bits per heavy atom. The molecule has 0 spiro atoms. The van der Waals surface area contributed by atoms with E-state index >= 15 is 0 Å². The summed E-state index contributed by atoms with van der Waals surface area (Å²) in [5.41, 5.74) is 1.90. The number of benzene rings is 2. The van der Waals surface area contributed by atoms with E-state index in [1.54, 1.807) is 12.1 Å². The summed E-state index contributed by atoms with van der Waals surface area (Å²) >= 11 is 0. The molecule has 0 saturated carbocycles. The molecule has 0 bridgehead atoms. The molecule has 1 fully saturated rings. The molecule has 1 aliphatic heterocycles. The van der Waals surface area contributed by atoms with Crippen LogP contribution in [0.15, 0.2) is 48.5 Å². The highest BCUT2D eigenvalue weighted by Crippen LogP contribution is 2.24. The Morgan fingerprint density at radius 2 is 1.88 bits per heavy atom. The number of nitrogens with one attached hydrogen (secondary N) is 3. The number of hydrogen-bond donors (Lipinski definition) is 3. The van der Waals surface area contributed by atoms with Gasteiger partial charge in [-0.1, -0.05) is 31.5 Å². The number of nitro groups is 1. The largest absolute Gasteiger partial charge is 0.371 e. The average molecular weight is 440 g/mol. The van der Waals surface area contributed by atoms with Crippen LogP contribution in [0.25, 0.3) is 0 Å². The summed E-state index contributed by atoms with van der Waals surface area (Å²) in [6, 6.07) is 13.1. The number of nitrogens with zero attached hydrogens (tertiary/aromatic N) is 2. The minimum Gasteiger partial charge on any atom is -0.371 e. The van der Waals surface area contributed by atoms with Crippen LogP contribution in [0.3, 0.4) is 0 Å². The third-order valence-corrected chi connectivity index (χ3v) is 5.35. The van der Waals surface area contributed by atoms with E-state index in [9.17, 15) is 19.7 Å². The van der Waals surface area contributed by atoms with Crippen molar-refractivity contribution in [3.05, 3.63) is 58.6 Å². The van der Waals surface area contributed by atoms with E-state index in [4.69, 9.17) is 0 Å². The highest BCUT2D eigenvalue weighted by molar-refractivity contribution is 5.98. The van der Waals surface area contributed by atoms with Gasteiger partial charge in [0.15, 0.2) is 0 Å². The first-order valence-electron chi connectivity index (χ1n) is 10.9.